The number of benzene rings is 1. The molecule has 1 amide bonds. The van der Waals surface area contributed by atoms with Gasteiger partial charge in [-0.25, -0.2) is 12.7 Å². The topological polar surface area (TPSA) is 75.7 Å². The Balaban J connectivity index is 2.02. The van der Waals surface area contributed by atoms with Crippen molar-refractivity contribution in [1.29, 1.82) is 0 Å². The van der Waals surface area contributed by atoms with Gasteiger partial charge in [-0.2, -0.15) is 0 Å². The number of nitrogens with one attached hydrogen (secondary N) is 1. The van der Waals surface area contributed by atoms with Gasteiger partial charge >= 0.3 is 0 Å². The fourth-order valence-electron chi connectivity index (χ4n) is 3.04. The fraction of sp³-hybridized carbons (Fsp3) is 0.588. The smallest absolute Gasteiger partial charge is 0.224 e. The highest BCUT2D eigenvalue weighted by atomic mass is 32.2. The molecule has 2 rings (SSSR count). The number of rotatable bonds is 5. The van der Waals surface area contributed by atoms with Crippen molar-refractivity contribution >= 4 is 15.9 Å². The van der Waals surface area contributed by atoms with Crippen LogP contribution < -0.4 is 10.1 Å². The Morgan fingerprint density at radius 2 is 2.12 bits per heavy atom. The molecule has 1 fully saturated rings. The molecule has 1 aliphatic heterocycles. The van der Waals surface area contributed by atoms with Crippen LogP contribution in [0.2, 0.25) is 0 Å². The number of amides is 1. The van der Waals surface area contributed by atoms with E-state index in [1.165, 1.54) is 10.6 Å². The van der Waals surface area contributed by atoms with Crippen LogP contribution in [0.1, 0.15) is 36.9 Å². The predicted molar refractivity (Wildman–Crippen MR) is 93.4 cm³/mol. The van der Waals surface area contributed by atoms with Gasteiger partial charge in [0.2, 0.25) is 15.9 Å². The molecular weight excluding hydrogens is 328 g/mol. The second kappa shape index (κ2) is 7.53. The summed E-state index contributed by atoms with van der Waals surface area (Å²) in [7, 11) is -1.62. The zero-order valence-electron chi connectivity index (χ0n) is 14.7. The minimum absolute atomic E-state index is 0.0932. The first kappa shape index (κ1) is 18.7. The summed E-state index contributed by atoms with van der Waals surface area (Å²) < 4.78 is 30.0. The monoisotopic (exact) mass is 354 g/mol. The lowest BCUT2D eigenvalue weighted by Gasteiger charge is -2.31. The van der Waals surface area contributed by atoms with Gasteiger partial charge in [0.1, 0.15) is 5.75 Å². The number of hydrogen-bond donors (Lipinski definition) is 1. The Labute approximate surface area is 144 Å². The highest BCUT2D eigenvalue weighted by Crippen LogP contribution is 2.24. The van der Waals surface area contributed by atoms with Gasteiger partial charge in [-0.1, -0.05) is 12.1 Å². The van der Waals surface area contributed by atoms with Crippen molar-refractivity contribution < 1.29 is 17.9 Å². The number of aryl methyl sites for hydroxylation is 1. The largest absolute Gasteiger partial charge is 0.496 e. The molecular formula is C17H26N2O4S. The highest BCUT2D eigenvalue weighted by Gasteiger charge is 2.30. The van der Waals surface area contributed by atoms with Crippen molar-refractivity contribution in [3.8, 4) is 5.75 Å². The molecule has 1 aromatic carbocycles. The molecule has 24 heavy (non-hydrogen) atoms. The van der Waals surface area contributed by atoms with E-state index < -0.39 is 10.0 Å². The number of piperidine rings is 1. The van der Waals surface area contributed by atoms with E-state index in [1.54, 1.807) is 7.11 Å². The van der Waals surface area contributed by atoms with Crippen molar-refractivity contribution in [2.45, 2.75) is 32.7 Å². The first-order valence-corrected chi connectivity index (χ1v) is 9.97. The molecule has 2 atom stereocenters. The lowest BCUT2D eigenvalue weighted by atomic mass is 9.97. The van der Waals surface area contributed by atoms with Crippen molar-refractivity contribution in [1.82, 2.24) is 9.62 Å². The van der Waals surface area contributed by atoms with E-state index in [-0.39, 0.29) is 24.4 Å². The molecule has 0 spiro atoms. The quantitative estimate of drug-likeness (QED) is 0.876. The number of nitrogens with zero attached hydrogens (tertiary/aromatic N) is 1. The van der Waals surface area contributed by atoms with Gasteiger partial charge in [0.15, 0.2) is 0 Å². The Hall–Kier alpha value is -1.60. The predicted octanol–water partition coefficient (Wildman–Crippen LogP) is 1.85. The second-order valence-corrected chi connectivity index (χ2v) is 8.40. The van der Waals surface area contributed by atoms with E-state index in [1.807, 2.05) is 32.0 Å². The number of ether oxygens (including phenoxy) is 1. The number of sulfonamides is 1. The van der Waals surface area contributed by atoms with E-state index in [2.05, 4.69) is 5.32 Å². The number of carbonyl (C=O) groups is 1. The van der Waals surface area contributed by atoms with Crippen LogP contribution in [-0.2, 0) is 14.8 Å². The molecule has 0 aromatic heterocycles. The van der Waals surface area contributed by atoms with Gasteiger partial charge in [0.05, 0.1) is 25.3 Å². The van der Waals surface area contributed by atoms with Gasteiger partial charge in [0, 0.05) is 13.1 Å². The van der Waals surface area contributed by atoms with E-state index >= 15 is 0 Å². The number of carbonyl (C=O) groups excluding carboxylic acids is 1. The minimum Gasteiger partial charge on any atom is -0.496 e. The van der Waals surface area contributed by atoms with Gasteiger partial charge in [-0.05, 0) is 43.9 Å². The lowest BCUT2D eigenvalue weighted by molar-refractivity contribution is -0.126. The normalized spacial score (nSPS) is 20.4. The summed E-state index contributed by atoms with van der Waals surface area (Å²) in [6.45, 7) is 4.65. The van der Waals surface area contributed by atoms with Crippen LogP contribution in [0.25, 0.3) is 0 Å². The van der Waals surface area contributed by atoms with Gasteiger partial charge in [0.25, 0.3) is 0 Å². The first-order chi connectivity index (χ1) is 11.2. The highest BCUT2D eigenvalue weighted by molar-refractivity contribution is 7.88. The average molecular weight is 354 g/mol. The fourth-order valence-corrected chi connectivity index (χ4v) is 3.95. The molecule has 0 unspecified atom stereocenters. The maximum absolute atomic E-state index is 12.5. The van der Waals surface area contributed by atoms with Crippen LogP contribution >= 0.6 is 0 Å². The van der Waals surface area contributed by atoms with E-state index in [0.29, 0.717) is 19.4 Å². The summed E-state index contributed by atoms with van der Waals surface area (Å²) in [6, 6.07) is 5.67. The molecule has 6 nitrogen and oxygen atoms in total. The standard InChI is InChI=1S/C17H26N2O4S/c1-12-10-14(7-8-16(12)23-3)13(2)18-17(20)15-6-5-9-19(11-15)24(4,21)22/h7-8,10,13,15H,5-6,9,11H2,1-4H3,(H,18,20)/t13-,15+/m0/s1. The molecule has 1 heterocycles. The van der Waals surface area contributed by atoms with Crippen LogP contribution in [-0.4, -0.2) is 45.1 Å². The second-order valence-electron chi connectivity index (χ2n) is 6.42. The van der Waals surface area contributed by atoms with Crippen molar-refractivity contribution in [3.63, 3.8) is 0 Å². The van der Waals surface area contributed by atoms with Crippen molar-refractivity contribution in [3.05, 3.63) is 29.3 Å². The zero-order valence-corrected chi connectivity index (χ0v) is 15.5. The molecule has 1 aliphatic rings. The molecule has 0 bridgehead atoms. The van der Waals surface area contributed by atoms with E-state index in [9.17, 15) is 13.2 Å². The molecule has 134 valence electrons. The van der Waals surface area contributed by atoms with Crippen molar-refractivity contribution in [2.75, 3.05) is 26.5 Å². The molecule has 1 saturated heterocycles. The summed E-state index contributed by atoms with van der Waals surface area (Å²) in [5.74, 6) is 0.424. The number of methoxy groups -OCH3 is 1. The minimum atomic E-state index is -3.25. The number of hydrogen-bond acceptors (Lipinski definition) is 4. The first-order valence-electron chi connectivity index (χ1n) is 8.12. The summed E-state index contributed by atoms with van der Waals surface area (Å²) in [5, 5.41) is 3.00. The molecule has 0 aliphatic carbocycles. The molecule has 7 heteroatoms. The van der Waals surface area contributed by atoms with Crippen LogP contribution in [0.3, 0.4) is 0 Å². The molecule has 1 N–H and O–H groups in total. The van der Waals surface area contributed by atoms with Crippen LogP contribution in [0.5, 0.6) is 5.75 Å². The summed E-state index contributed by atoms with van der Waals surface area (Å²) in [6.07, 6.45) is 2.61. The van der Waals surface area contributed by atoms with Crippen LogP contribution in [0, 0.1) is 12.8 Å². The maximum Gasteiger partial charge on any atom is 0.224 e. The zero-order chi connectivity index (χ0) is 17.9. The Kier molecular flexibility index (Phi) is 5.87. The van der Waals surface area contributed by atoms with Gasteiger partial charge < -0.3 is 10.1 Å². The summed E-state index contributed by atoms with van der Waals surface area (Å²) >= 11 is 0. The molecule has 0 radical (unpaired) electrons. The van der Waals surface area contributed by atoms with Crippen LogP contribution in [0.4, 0.5) is 0 Å². The Bertz CT molecular complexity index is 703. The third-order valence-corrected chi connectivity index (χ3v) is 5.77. The van der Waals surface area contributed by atoms with Crippen LogP contribution in [0.15, 0.2) is 18.2 Å². The molecule has 0 saturated carbocycles. The Morgan fingerprint density at radius 3 is 2.71 bits per heavy atom. The van der Waals surface area contributed by atoms with E-state index in [4.69, 9.17) is 4.74 Å². The van der Waals surface area contributed by atoms with Crippen molar-refractivity contribution in [2.24, 2.45) is 5.92 Å². The maximum atomic E-state index is 12.5. The van der Waals surface area contributed by atoms with Gasteiger partial charge in [-0.3, -0.25) is 4.79 Å². The third kappa shape index (κ3) is 4.48. The van der Waals surface area contributed by atoms with E-state index in [0.717, 1.165) is 16.9 Å². The average Bonchev–Trinajstić information content (AvgIpc) is 2.54. The SMILES string of the molecule is COc1ccc([C@H](C)NC(=O)[C@@H]2CCCN(S(C)(=O)=O)C2)cc1C. The third-order valence-electron chi connectivity index (χ3n) is 4.50. The van der Waals surface area contributed by atoms with Gasteiger partial charge in [-0.15, -0.1) is 0 Å². The molecule has 1 aromatic rings. The Morgan fingerprint density at radius 1 is 1.42 bits per heavy atom. The summed E-state index contributed by atoms with van der Waals surface area (Å²) in [5.41, 5.74) is 2.01. The lowest BCUT2D eigenvalue weighted by Crippen LogP contribution is -2.45. The summed E-state index contributed by atoms with van der Waals surface area (Å²) in [4.78, 5) is 12.5.